The Hall–Kier alpha value is -2.56. The zero-order chi connectivity index (χ0) is 17.8. The van der Waals surface area contributed by atoms with Crippen molar-refractivity contribution in [2.24, 2.45) is 10.7 Å². The molecule has 0 atom stereocenters. The van der Waals surface area contributed by atoms with Gasteiger partial charge in [0.2, 0.25) is 0 Å². The van der Waals surface area contributed by atoms with Gasteiger partial charge < -0.3 is 15.8 Å². The molecule has 0 aromatic heterocycles. The Balaban J connectivity index is 1.52. The Bertz CT molecular complexity index is 737. The van der Waals surface area contributed by atoms with Crippen molar-refractivity contribution in [3.05, 3.63) is 59.9 Å². The Morgan fingerprint density at radius 2 is 1.84 bits per heavy atom. The van der Waals surface area contributed by atoms with Gasteiger partial charge in [-0.15, -0.1) is 0 Å². The van der Waals surface area contributed by atoms with Crippen LogP contribution in [0.25, 0.3) is 0 Å². The van der Waals surface area contributed by atoms with Gasteiger partial charge in [-0.2, -0.15) is 0 Å². The third-order valence-corrected chi connectivity index (χ3v) is 4.28. The lowest BCUT2D eigenvalue weighted by atomic mass is 9.76. The molecule has 2 aromatic rings. The molecule has 3 N–H and O–H groups in total. The van der Waals surface area contributed by atoms with Gasteiger partial charge in [-0.3, -0.25) is 0 Å². The molecule has 0 heterocycles. The molecule has 1 saturated carbocycles. The predicted molar refractivity (Wildman–Crippen MR) is 99.6 cm³/mol. The summed E-state index contributed by atoms with van der Waals surface area (Å²) in [6.45, 7) is 3.98. The van der Waals surface area contributed by atoms with Crippen molar-refractivity contribution in [3.8, 4) is 5.75 Å². The van der Waals surface area contributed by atoms with E-state index in [4.69, 9.17) is 10.5 Å². The number of nitrogens with zero attached hydrogens (tertiary/aromatic N) is 1. The number of hydrogen-bond donors (Lipinski definition) is 2. The van der Waals surface area contributed by atoms with Gasteiger partial charge in [-0.1, -0.05) is 18.2 Å². The number of benzene rings is 2. The zero-order valence-electron chi connectivity index (χ0n) is 14.6. The second kappa shape index (κ2) is 7.55. The summed E-state index contributed by atoms with van der Waals surface area (Å²) in [4.78, 5) is 4.48. The first-order valence-corrected chi connectivity index (χ1v) is 8.62. The number of rotatable bonds is 5. The molecule has 0 radical (unpaired) electrons. The summed E-state index contributed by atoms with van der Waals surface area (Å²) in [6, 6.07) is 14.7. The van der Waals surface area contributed by atoms with Crippen LogP contribution in [0.2, 0.25) is 0 Å². The maximum atomic E-state index is 13.8. The molecule has 3 rings (SSSR count). The molecule has 4 nitrogen and oxygen atoms in total. The van der Waals surface area contributed by atoms with Gasteiger partial charge in [0.25, 0.3) is 0 Å². The topological polar surface area (TPSA) is 59.6 Å². The molecule has 132 valence electrons. The first-order chi connectivity index (χ1) is 12.0. The molecule has 1 aliphatic carbocycles. The third-order valence-electron chi connectivity index (χ3n) is 4.28. The van der Waals surface area contributed by atoms with Crippen molar-refractivity contribution in [2.45, 2.75) is 44.8 Å². The van der Waals surface area contributed by atoms with E-state index in [1.54, 1.807) is 6.07 Å². The molecule has 1 fully saturated rings. The molecule has 0 saturated heterocycles. The zero-order valence-corrected chi connectivity index (χ0v) is 14.6. The monoisotopic (exact) mass is 341 g/mol. The number of aliphatic imine (C=N–C) groups is 1. The summed E-state index contributed by atoms with van der Waals surface area (Å²) < 4.78 is 19.4. The van der Waals surface area contributed by atoms with Gasteiger partial charge in [0, 0.05) is 5.69 Å². The van der Waals surface area contributed by atoms with E-state index in [-0.39, 0.29) is 23.9 Å². The number of guanidine groups is 1. The average molecular weight is 341 g/mol. The second-order valence-corrected chi connectivity index (χ2v) is 6.67. The molecule has 25 heavy (non-hydrogen) atoms. The molecular formula is C20H24FN3O. The third kappa shape index (κ3) is 4.50. The van der Waals surface area contributed by atoms with Gasteiger partial charge in [0.15, 0.2) is 5.96 Å². The van der Waals surface area contributed by atoms with Crippen LogP contribution in [0.3, 0.4) is 0 Å². The molecule has 1 aliphatic rings. The molecule has 0 amide bonds. The normalized spacial score (nSPS) is 20.2. The number of nitrogens with one attached hydrogen (secondary N) is 1. The van der Waals surface area contributed by atoms with Crippen LogP contribution in [0.5, 0.6) is 5.75 Å². The van der Waals surface area contributed by atoms with E-state index >= 15 is 0 Å². The minimum atomic E-state index is -0.135. The van der Waals surface area contributed by atoms with Crippen LogP contribution < -0.4 is 15.8 Å². The number of ether oxygens (including phenoxy) is 1. The summed E-state index contributed by atoms with van der Waals surface area (Å²) in [5, 5.41) is 3.09. The van der Waals surface area contributed by atoms with E-state index < -0.39 is 0 Å². The molecule has 0 bridgehead atoms. The Morgan fingerprint density at radius 3 is 2.48 bits per heavy atom. The Labute approximate surface area is 147 Å². The van der Waals surface area contributed by atoms with Crippen molar-refractivity contribution in [3.63, 3.8) is 0 Å². The molecular weight excluding hydrogens is 317 g/mol. The van der Waals surface area contributed by atoms with E-state index in [1.807, 2.05) is 50.2 Å². The van der Waals surface area contributed by atoms with Crippen LogP contribution >= 0.6 is 0 Å². The molecule has 2 aromatic carbocycles. The highest BCUT2D eigenvalue weighted by Crippen LogP contribution is 2.39. The fraction of sp³-hybridized carbons (Fsp3) is 0.350. The highest BCUT2D eigenvalue weighted by atomic mass is 19.1. The van der Waals surface area contributed by atoms with Crippen LogP contribution in [0.15, 0.2) is 53.5 Å². The SMILES string of the molecule is CC(C)Oc1ccc(NC(N)=NC2CC(c3ccccc3F)C2)cc1. The first-order valence-electron chi connectivity index (χ1n) is 8.62. The second-order valence-electron chi connectivity index (χ2n) is 6.67. The number of halogens is 1. The van der Waals surface area contributed by atoms with Crippen molar-refractivity contribution < 1.29 is 9.13 Å². The number of nitrogens with two attached hydrogens (primary N) is 1. The van der Waals surface area contributed by atoms with E-state index in [0.29, 0.717) is 5.96 Å². The average Bonchev–Trinajstić information content (AvgIpc) is 2.53. The summed E-state index contributed by atoms with van der Waals surface area (Å²) in [7, 11) is 0. The highest BCUT2D eigenvalue weighted by Gasteiger charge is 2.31. The van der Waals surface area contributed by atoms with Crippen molar-refractivity contribution in [1.29, 1.82) is 0 Å². The van der Waals surface area contributed by atoms with Crippen LogP contribution in [0.1, 0.15) is 38.2 Å². The summed E-state index contributed by atoms with van der Waals surface area (Å²) in [5.74, 6) is 1.30. The quantitative estimate of drug-likeness (QED) is 0.630. The van der Waals surface area contributed by atoms with Crippen molar-refractivity contribution in [2.75, 3.05) is 5.32 Å². The summed E-state index contributed by atoms with van der Waals surface area (Å²) in [5.41, 5.74) is 7.62. The maximum absolute atomic E-state index is 13.8. The van der Waals surface area contributed by atoms with Crippen LogP contribution in [0, 0.1) is 5.82 Å². The maximum Gasteiger partial charge on any atom is 0.193 e. The fourth-order valence-electron chi connectivity index (χ4n) is 3.02. The lowest BCUT2D eigenvalue weighted by molar-refractivity contribution is 0.242. The number of anilines is 1. The van der Waals surface area contributed by atoms with E-state index in [2.05, 4.69) is 10.3 Å². The predicted octanol–water partition coefficient (Wildman–Crippen LogP) is 4.29. The largest absolute Gasteiger partial charge is 0.491 e. The van der Waals surface area contributed by atoms with E-state index in [9.17, 15) is 4.39 Å². The Kier molecular flexibility index (Phi) is 5.22. The van der Waals surface area contributed by atoms with Gasteiger partial charge in [0.1, 0.15) is 11.6 Å². The minimum Gasteiger partial charge on any atom is -0.491 e. The minimum absolute atomic E-state index is 0.135. The lowest BCUT2D eigenvalue weighted by Crippen LogP contribution is -2.31. The smallest absolute Gasteiger partial charge is 0.193 e. The van der Waals surface area contributed by atoms with Crippen LogP contribution in [0.4, 0.5) is 10.1 Å². The highest BCUT2D eigenvalue weighted by molar-refractivity contribution is 5.92. The van der Waals surface area contributed by atoms with Gasteiger partial charge in [0.05, 0.1) is 12.1 Å². The lowest BCUT2D eigenvalue weighted by Gasteiger charge is -2.33. The van der Waals surface area contributed by atoms with Crippen LogP contribution in [-0.2, 0) is 0 Å². The van der Waals surface area contributed by atoms with Gasteiger partial charge in [-0.05, 0) is 68.5 Å². The molecule has 0 unspecified atom stereocenters. The summed E-state index contributed by atoms with van der Waals surface area (Å²) in [6.07, 6.45) is 1.79. The molecule has 0 spiro atoms. The summed E-state index contributed by atoms with van der Waals surface area (Å²) >= 11 is 0. The van der Waals surface area contributed by atoms with E-state index in [1.165, 1.54) is 6.07 Å². The van der Waals surface area contributed by atoms with E-state index in [0.717, 1.165) is 29.8 Å². The number of hydrogen-bond acceptors (Lipinski definition) is 2. The van der Waals surface area contributed by atoms with Gasteiger partial charge in [-0.25, -0.2) is 9.38 Å². The van der Waals surface area contributed by atoms with Crippen LogP contribution in [-0.4, -0.2) is 18.1 Å². The molecule has 5 heteroatoms. The van der Waals surface area contributed by atoms with Crippen molar-refractivity contribution >= 4 is 11.6 Å². The fourth-order valence-corrected chi connectivity index (χ4v) is 3.02. The molecule has 0 aliphatic heterocycles. The Morgan fingerprint density at radius 1 is 1.16 bits per heavy atom. The van der Waals surface area contributed by atoms with Gasteiger partial charge >= 0.3 is 0 Å². The standard InChI is InChI=1S/C20H24FN3O/c1-13(2)25-17-9-7-15(8-10-17)23-20(22)24-16-11-14(12-16)18-5-3-4-6-19(18)21/h3-10,13-14,16H,11-12H2,1-2H3,(H3,22,23,24). The first kappa shape index (κ1) is 17.3. The van der Waals surface area contributed by atoms with Crippen molar-refractivity contribution in [1.82, 2.24) is 0 Å².